The zero-order valence-electron chi connectivity index (χ0n) is 22.1. The summed E-state index contributed by atoms with van der Waals surface area (Å²) in [5, 5.41) is 30.8. The number of rotatable bonds is 14. The van der Waals surface area contributed by atoms with E-state index in [9.17, 15) is 24.6 Å². The van der Waals surface area contributed by atoms with Gasteiger partial charge < -0.3 is 36.2 Å². The number of aliphatic hydroxyl groups excluding tert-OH is 1. The van der Waals surface area contributed by atoms with Crippen LogP contribution in [0.2, 0.25) is 0 Å². The third-order valence-corrected chi connectivity index (χ3v) is 6.62. The molecule has 3 rings (SSSR count). The van der Waals surface area contributed by atoms with Crippen molar-refractivity contribution in [3.8, 4) is 5.75 Å². The summed E-state index contributed by atoms with van der Waals surface area (Å²) in [6.45, 7) is 2.51. The predicted octanol–water partition coefficient (Wildman–Crippen LogP) is 2.19. The van der Waals surface area contributed by atoms with Crippen LogP contribution in [0, 0.1) is 0 Å². The number of cyclic esters (lactones) is 1. The molecule has 2 amide bonds. The Bertz CT molecular complexity index is 985. The van der Waals surface area contributed by atoms with Crippen LogP contribution >= 0.6 is 0 Å². The largest absolute Gasteiger partial charge is 0.508 e. The highest BCUT2D eigenvalue weighted by atomic mass is 16.6. The molecule has 1 saturated heterocycles. The number of phenolic OH excluding ortho intramolecular Hbond substituents is 1. The number of phenols is 1. The second kappa shape index (κ2) is 15.2. The standard InChI is InChI=1S/C27H41N5O6/c1-2-3-4-5-6-7-8-9-10-23-22(14-25(36)38-23)32-24(35)17-28-26(37)18-11-19(13-20(33)12-18)31-27-29-15-21(34)16-30-27/h11-13,21-23,33-34H,2-10,14-17H2,1H3,(H,28,37)(H,32,35)(H2,29,30,31). The average molecular weight is 532 g/mol. The first-order valence-electron chi connectivity index (χ1n) is 13.7. The smallest absolute Gasteiger partial charge is 0.308 e. The SMILES string of the molecule is CCCCCCCCCCC1OC(=O)CC1NC(=O)CNC(=O)c1cc(O)cc(NC2=NCC(O)CN2)c1. The van der Waals surface area contributed by atoms with Crippen molar-refractivity contribution in [1.29, 1.82) is 0 Å². The molecule has 2 heterocycles. The number of anilines is 1. The Morgan fingerprint density at radius 2 is 1.84 bits per heavy atom. The van der Waals surface area contributed by atoms with E-state index in [0.717, 1.165) is 19.3 Å². The van der Waals surface area contributed by atoms with Crippen LogP contribution in [0.1, 0.15) is 81.5 Å². The minimum absolute atomic E-state index is 0.123. The second-order valence-electron chi connectivity index (χ2n) is 9.97. The summed E-state index contributed by atoms with van der Waals surface area (Å²) in [6, 6.07) is 3.84. The zero-order valence-corrected chi connectivity index (χ0v) is 22.1. The van der Waals surface area contributed by atoms with Gasteiger partial charge in [0.2, 0.25) is 5.91 Å². The van der Waals surface area contributed by atoms with Crippen LogP contribution in [0.15, 0.2) is 23.2 Å². The van der Waals surface area contributed by atoms with Crippen molar-refractivity contribution in [2.75, 3.05) is 25.0 Å². The molecule has 11 nitrogen and oxygen atoms in total. The van der Waals surface area contributed by atoms with E-state index in [2.05, 4.69) is 33.2 Å². The molecule has 2 aliphatic rings. The third-order valence-electron chi connectivity index (χ3n) is 6.62. The monoisotopic (exact) mass is 531 g/mol. The molecule has 0 bridgehead atoms. The number of aliphatic hydroxyl groups is 1. The van der Waals surface area contributed by atoms with Gasteiger partial charge in [0.05, 0.1) is 31.7 Å². The van der Waals surface area contributed by atoms with Crippen molar-refractivity contribution >= 4 is 29.4 Å². The maximum atomic E-state index is 12.6. The Kier molecular flexibility index (Phi) is 11.7. The summed E-state index contributed by atoms with van der Waals surface area (Å²) in [6.07, 6.45) is 9.36. The normalized spacial score (nSPS) is 20.7. The molecule has 6 N–H and O–H groups in total. The number of benzene rings is 1. The molecular weight excluding hydrogens is 490 g/mol. The number of nitrogens with zero attached hydrogens (tertiary/aromatic N) is 1. The summed E-state index contributed by atoms with van der Waals surface area (Å²) in [4.78, 5) is 41.2. The van der Waals surface area contributed by atoms with E-state index in [-0.39, 0.29) is 42.9 Å². The molecule has 0 spiro atoms. The van der Waals surface area contributed by atoms with Gasteiger partial charge in [-0.05, 0) is 25.0 Å². The van der Waals surface area contributed by atoms with Crippen LogP contribution in [-0.2, 0) is 14.3 Å². The second-order valence-corrected chi connectivity index (χ2v) is 9.97. The Morgan fingerprint density at radius 3 is 2.55 bits per heavy atom. The number of carbonyl (C=O) groups is 3. The number of carbonyl (C=O) groups excluding carboxylic acids is 3. The van der Waals surface area contributed by atoms with Gasteiger partial charge in [-0.3, -0.25) is 19.4 Å². The molecule has 3 atom stereocenters. The molecule has 1 aromatic rings. The lowest BCUT2D eigenvalue weighted by atomic mass is 10.0. The number of aliphatic imine (C=N–C) groups is 1. The highest BCUT2D eigenvalue weighted by Gasteiger charge is 2.35. The Morgan fingerprint density at radius 1 is 1.11 bits per heavy atom. The van der Waals surface area contributed by atoms with Gasteiger partial charge in [0.1, 0.15) is 11.9 Å². The van der Waals surface area contributed by atoms with Gasteiger partial charge in [-0.25, -0.2) is 0 Å². The number of nitrogens with one attached hydrogen (secondary N) is 4. The number of esters is 1. The van der Waals surface area contributed by atoms with Crippen molar-refractivity contribution in [2.24, 2.45) is 4.99 Å². The molecule has 38 heavy (non-hydrogen) atoms. The van der Waals surface area contributed by atoms with Crippen LogP contribution in [0.4, 0.5) is 5.69 Å². The average Bonchev–Trinajstić information content (AvgIpc) is 3.23. The molecule has 210 valence electrons. The first kappa shape index (κ1) is 29.2. The molecular formula is C27H41N5O6. The van der Waals surface area contributed by atoms with Crippen molar-refractivity contribution in [1.82, 2.24) is 16.0 Å². The van der Waals surface area contributed by atoms with Crippen LogP contribution < -0.4 is 21.3 Å². The van der Waals surface area contributed by atoms with Gasteiger partial charge in [0, 0.05) is 23.9 Å². The fraction of sp³-hybridized carbons (Fsp3) is 0.630. The number of β-amino-alcohol motifs (C(OH)–C–C–N with tert-alkyl or cyclic N) is 1. The summed E-state index contributed by atoms with van der Waals surface area (Å²) in [5.41, 5.74) is 0.580. The van der Waals surface area contributed by atoms with Gasteiger partial charge in [0.15, 0.2) is 5.96 Å². The summed E-state index contributed by atoms with van der Waals surface area (Å²) < 4.78 is 5.42. The molecule has 0 saturated carbocycles. The van der Waals surface area contributed by atoms with Crippen molar-refractivity contribution in [3.05, 3.63) is 23.8 Å². The number of amides is 2. The Labute approximate surface area is 223 Å². The van der Waals surface area contributed by atoms with Crippen LogP contribution in [0.3, 0.4) is 0 Å². The Hall–Kier alpha value is -3.34. The van der Waals surface area contributed by atoms with Gasteiger partial charge >= 0.3 is 5.97 Å². The first-order chi connectivity index (χ1) is 18.3. The lowest BCUT2D eigenvalue weighted by Gasteiger charge is -2.20. The lowest BCUT2D eigenvalue weighted by Crippen LogP contribution is -2.45. The summed E-state index contributed by atoms with van der Waals surface area (Å²) >= 11 is 0. The molecule has 0 aromatic heterocycles. The number of aromatic hydroxyl groups is 1. The van der Waals surface area contributed by atoms with Crippen molar-refractivity contribution in [3.63, 3.8) is 0 Å². The third kappa shape index (κ3) is 9.85. The quantitative estimate of drug-likeness (QED) is 0.157. The molecule has 0 aliphatic carbocycles. The van der Waals surface area contributed by atoms with E-state index >= 15 is 0 Å². The predicted molar refractivity (Wildman–Crippen MR) is 144 cm³/mol. The molecule has 11 heteroatoms. The number of ether oxygens (including phenoxy) is 1. The Balaban J connectivity index is 1.42. The van der Waals surface area contributed by atoms with E-state index < -0.39 is 24.0 Å². The highest BCUT2D eigenvalue weighted by Crippen LogP contribution is 2.22. The topological polar surface area (TPSA) is 161 Å². The fourth-order valence-electron chi connectivity index (χ4n) is 4.58. The van der Waals surface area contributed by atoms with Gasteiger partial charge in [-0.1, -0.05) is 51.9 Å². The molecule has 0 radical (unpaired) electrons. The van der Waals surface area contributed by atoms with E-state index in [4.69, 9.17) is 4.74 Å². The minimum Gasteiger partial charge on any atom is -0.508 e. The molecule has 2 aliphatic heterocycles. The van der Waals surface area contributed by atoms with E-state index in [1.165, 1.54) is 50.3 Å². The first-order valence-corrected chi connectivity index (χ1v) is 13.7. The van der Waals surface area contributed by atoms with Crippen molar-refractivity contribution < 1.29 is 29.3 Å². The van der Waals surface area contributed by atoms with Gasteiger partial charge in [0.25, 0.3) is 5.91 Å². The summed E-state index contributed by atoms with van der Waals surface area (Å²) in [5.74, 6) is -0.995. The van der Waals surface area contributed by atoms with Gasteiger partial charge in [-0.15, -0.1) is 0 Å². The maximum Gasteiger partial charge on any atom is 0.308 e. The number of unbranched alkanes of at least 4 members (excludes halogenated alkanes) is 7. The lowest BCUT2D eigenvalue weighted by molar-refractivity contribution is -0.141. The van der Waals surface area contributed by atoms with Crippen LogP contribution in [0.25, 0.3) is 0 Å². The minimum atomic E-state index is -0.563. The number of guanidine groups is 1. The van der Waals surface area contributed by atoms with E-state index in [0.29, 0.717) is 24.6 Å². The van der Waals surface area contributed by atoms with Gasteiger partial charge in [-0.2, -0.15) is 0 Å². The molecule has 1 aromatic carbocycles. The number of hydrogen-bond donors (Lipinski definition) is 6. The van der Waals surface area contributed by atoms with Crippen LogP contribution in [-0.4, -0.2) is 71.8 Å². The summed E-state index contributed by atoms with van der Waals surface area (Å²) in [7, 11) is 0. The highest BCUT2D eigenvalue weighted by molar-refractivity contribution is 6.00. The fourth-order valence-corrected chi connectivity index (χ4v) is 4.58. The maximum absolute atomic E-state index is 12.6. The van der Waals surface area contributed by atoms with E-state index in [1.807, 2.05) is 0 Å². The number of hydrogen-bond acceptors (Lipinski definition) is 9. The van der Waals surface area contributed by atoms with Crippen molar-refractivity contribution in [2.45, 2.75) is 89.4 Å². The molecule has 1 fully saturated rings. The molecule has 3 unspecified atom stereocenters. The zero-order chi connectivity index (χ0) is 27.3. The van der Waals surface area contributed by atoms with E-state index in [1.54, 1.807) is 0 Å². The van der Waals surface area contributed by atoms with Crippen LogP contribution in [0.5, 0.6) is 5.75 Å².